The highest BCUT2D eigenvalue weighted by atomic mass is 35.5. The summed E-state index contributed by atoms with van der Waals surface area (Å²) in [6.07, 6.45) is 1.61. The summed E-state index contributed by atoms with van der Waals surface area (Å²) in [6, 6.07) is 5.18. The summed E-state index contributed by atoms with van der Waals surface area (Å²) < 4.78 is 22.3. The molecular weight excluding hydrogens is 315 g/mol. The van der Waals surface area contributed by atoms with Gasteiger partial charge in [-0.15, -0.1) is 11.6 Å². The largest absolute Gasteiger partial charge is 0.229 e. The Bertz CT molecular complexity index is 538. The van der Waals surface area contributed by atoms with Crippen LogP contribution in [0.4, 0.5) is 0 Å². The quantitative estimate of drug-likeness (QED) is 0.783. The number of hydrogen-bond donors (Lipinski definition) is 0. The molecule has 1 unspecified atom stereocenters. The third kappa shape index (κ3) is 3.53. The van der Waals surface area contributed by atoms with E-state index in [0.717, 1.165) is 5.56 Å². The Labute approximate surface area is 123 Å². The van der Waals surface area contributed by atoms with Gasteiger partial charge in [-0.05, 0) is 38.0 Å². The van der Waals surface area contributed by atoms with E-state index in [2.05, 4.69) is 0 Å². The Morgan fingerprint density at radius 3 is 2.22 bits per heavy atom. The lowest BCUT2D eigenvalue weighted by Gasteiger charge is -2.28. The van der Waals surface area contributed by atoms with E-state index in [1.807, 2.05) is 0 Å². The molecule has 0 bridgehead atoms. The van der Waals surface area contributed by atoms with Crippen LogP contribution in [0.25, 0.3) is 0 Å². The van der Waals surface area contributed by atoms with Crippen molar-refractivity contribution < 1.29 is 8.42 Å². The molecule has 0 aromatic heterocycles. The van der Waals surface area contributed by atoms with Gasteiger partial charge in [0.1, 0.15) is 0 Å². The first-order valence-electron chi connectivity index (χ1n) is 5.33. The van der Waals surface area contributed by atoms with Crippen LogP contribution in [0.15, 0.2) is 18.2 Å². The summed E-state index contributed by atoms with van der Waals surface area (Å²) in [5.74, 6) is 0. The molecule has 0 amide bonds. The first kappa shape index (κ1) is 16.1. The Morgan fingerprint density at radius 2 is 1.78 bits per heavy atom. The first-order valence-corrected chi connectivity index (χ1v) is 8.41. The summed E-state index contributed by atoms with van der Waals surface area (Å²) in [7, 11) is -3.23. The van der Waals surface area contributed by atoms with Crippen LogP contribution in [0.5, 0.6) is 0 Å². The highest BCUT2D eigenvalue weighted by molar-refractivity contribution is 7.92. The fourth-order valence-electron chi connectivity index (χ4n) is 1.35. The molecule has 0 spiro atoms. The zero-order valence-corrected chi connectivity index (χ0v) is 13.5. The van der Waals surface area contributed by atoms with Crippen molar-refractivity contribution in [1.82, 2.24) is 0 Å². The van der Waals surface area contributed by atoms with Crippen LogP contribution in [-0.4, -0.2) is 24.8 Å². The maximum atomic E-state index is 11.7. The van der Waals surface area contributed by atoms with Gasteiger partial charge in [0.2, 0.25) is 0 Å². The van der Waals surface area contributed by atoms with E-state index in [4.69, 9.17) is 34.8 Å². The zero-order chi connectivity index (χ0) is 14.1. The van der Waals surface area contributed by atoms with Gasteiger partial charge in [-0.2, -0.15) is 0 Å². The van der Waals surface area contributed by atoms with E-state index in [0.29, 0.717) is 16.5 Å². The minimum Gasteiger partial charge on any atom is -0.229 e. The maximum absolute atomic E-state index is 11.7. The summed E-state index contributed by atoms with van der Waals surface area (Å²) in [6.45, 7) is 3.25. The van der Waals surface area contributed by atoms with Gasteiger partial charge < -0.3 is 0 Å². The van der Waals surface area contributed by atoms with Crippen LogP contribution in [0.2, 0.25) is 10.0 Å². The molecule has 0 aliphatic carbocycles. The summed E-state index contributed by atoms with van der Waals surface area (Å²) in [5, 5.41) is 0.369. The van der Waals surface area contributed by atoms with E-state index < -0.39 is 20.0 Å². The molecule has 0 aliphatic heterocycles. The lowest BCUT2D eigenvalue weighted by Crippen LogP contribution is -2.41. The average molecular weight is 330 g/mol. The second-order valence-electron chi connectivity index (χ2n) is 4.80. The molecule has 0 N–H and O–H groups in total. The van der Waals surface area contributed by atoms with Crippen molar-refractivity contribution in [3.8, 4) is 0 Å². The van der Waals surface area contributed by atoms with Crippen LogP contribution < -0.4 is 0 Å². The third-order valence-corrected chi connectivity index (χ3v) is 6.87. The molecule has 0 fully saturated rings. The molecule has 18 heavy (non-hydrogen) atoms. The molecule has 6 heteroatoms. The van der Waals surface area contributed by atoms with Gasteiger partial charge >= 0.3 is 0 Å². The van der Waals surface area contributed by atoms with Gasteiger partial charge in [-0.25, -0.2) is 8.42 Å². The van der Waals surface area contributed by atoms with Crippen molar-refractivity contribution in [2.45, 2.75) is 30.4 Å². The Kier molecular flexibility index (Phi) is 4.99. The molecule has 0 saturated carbocycles. The number of benzene rings is 1. The van der Waals surface area contributed by atoms with Crippen LogP contribution in [0.3, 0.4) is 0 Å². The lowest BCUT2D eigenvalue weighted by molar-refractivity contribution is 0.536. The molecule has 2 nitrogen and oxygen atoms in total. The normalized spacial score (nSPS) is 14.6. The number of rotatable bonds is 4. The molecule has 1 atom stereocenters. The van der Waals surface area contributed by atoms with E-state index in [1.54, 1.807) is 32.0 Å². The number of alkyl halides is 1. The zero-order valence-electron chi connectivity index (χ0n) is 10.4. The van der Waals surface area contributed by atoms with E-state index in [9.17, 15) is 8.42 Å². The molecule has 0 saturated heterocycles. The highest BCUT2D eigenvalue weighted by Gasteiger charge is 2.37. The average Bonchev–Trinajstić information content (AvgIpc) is 2.21. The second-order valence-corrected chi connectivity index (χ2v) is 8.73. The fraction of sp³-hybridized carbons (Fsp3) is 0.500. The molecule has 0 radical (unpaired) electrons. The van der Waals surface area contributed by atoms with E-state index >= 15 is 0 Å². The molecule has 102 valence electrons. The monoisotopic (exact) mass is 328 g/mol. The smallest absolute Gasteiger partial charge is 0.154 e. The van der Waals surface area contributed by atoms with Crippen molar-refractivity contribution in [3.05, 3.63) is 33.8 Å². The maximum Gasteiger partial charge on any atom is 0.154 e. The number of hydrogen-bond acceptors (Lipinski definition) is 2. The van der Waals surface area contributed by atoms with E-state index in [1.165, 1.54) is 6.26 Å². The van der Waals surface area contributed by atoms with Gasteiger partial charge in [-0.3, -0.25) is 0 Å². The molecule has 1 aromatic carbocycles. The minimum atomic E-state index is -3.23. The molecule has 1 rings (SSSR count). The van der Waals surface area contributed by atoms with Crippen LogP contribution in [0, 0.1) is 0 Å². The van der Waals surface area contributed by atoms with Crippen molar-refractivity contribution >= 4 is 44.6 Å². The number of sulfone groups is 1. The van der Waals surface area contributed by atoms with Crippen molar-refractivity contribution in [3.63, 3.8) is 0 Å². The summed E-state index contributed by atoms with van der Waals surface area (Å²) in [4.78, 5) is 0. The molecule has 0 heterocycles. The minimum absolute atomic E-state index is 0.415. The van der Waals surface area contributed by atoms with Crippen molar-refractivity contribution in [1.29, 1.82) is 0 Å². The summed E-state index contributed by atoms with van der Waals surface area (Å²) >= 11 is 18.0. The van der Waals surface area contributed by atoms with E-state index in [-0.39, 0.29) is 0 Å². The second kappa shape index (κ2) is 5.58. The fourth-order valence-corrected chi connectivity index (χ4v) is 2.88. The Morgan fingerprint density at radius 1 is 1.22 bits per heavy atom. The number of halogens is 3. The van der Waals surface area contributed by atoms with Gasteiger partial charge in [0, 0.05) is 6.26 Å². The molecular formula is C12H15Cl3O2S. The van der Waals surface area contributed by atoms with Crippen molar-refractivity contribution in [2.24, 2.45) is 0 Å². The predicted octanol–water partition coefficient (Wildman–Crippen LogP) is 3.97. The molecule has 0 aliphatic rings. The third-order valence-electron chi connectivity index (χ3n) is 3.11. The highest BCUT2D eigenvalue weighted by Crippen LogP contribution is 2.29. The predicted molar refractivity (Wildman–Crippen MR) is 78.7 cm³/mol. The Balaban J connectivity index is 2.94. The van der Waals surface area contributed by atoms with Gasteiger partial charge in [0.25, 0.3) is 0 Å². The standard InChI is InChI=1S/C12H15Cl3O2S/c1-12(2,18(3,16)17)11(15)7-8-4-5-9(13)10(14)6-8/h4-6,11H,7H2,1-3H3. The first-order chi connectivity index (χ1) is 8.05. The molecule has 1 aromatic rings. The van der Waals surface area contributed by atoms with Crippen LogP contribution >= 0.6 is 34.8 Å². The summed E-state index contributed by atoms with van der Waals surface area (Å²) in [5.41, 5.74) is 0.862. The topological polar surface area (TPSA) is 34.1 Å². The SMILES string of the molecule is CC(C)(C(Cl)Cc1ccc(Cl)c(Cl)c1)S(C)(=O)=O. The van der Waals surface area contributed by atoms with Crippen LogP contribution in [-0.2, 0) is 16.3 Å². The van der Waals surface area contributed by atoms with Gasteiger partial charge in [-0.1, -0.05) is 29.3 Å². The lowest BCUT2D eigenvalue weighted by atomic mass is 10.0. The van der Waals surface area contributed by atoms with Gasteiger partial charge in [0.05, 0.1) is 20.2 Å². The van der Waals surface area contributed by atoms with Crippen LogP contribution in [0.1, 0.15) is 19.4 Å². The van der Waals surface area contributed by atoms with Crippen molar-refractivity contribution in [2.75, 3.05) is 6.26 Å². The Hall–Kier alpha value is 0.0400. The van der Waals surface area contributed by atoms with Gasteiger partial charge in [0.15, 0.2) is 9.84 Å².